The number of nitrogens with zero attached hydrogens (tertiary/aromatic N) is 1. The Morgan fingerprint density at radius 2 is 1.58 bits per heavy atom. The molecule has 0 aliphatic carbocycles. The molecule has 31 heavy (non-hydrogen) atoms. The number of pyridine rings is 1. The standard InChI is InChI=1S/C25H20FN3O2/c1-27-20-11-13-23(22(26)15-20)31-24-14-12-21(16-28-24)29-25(30)19-9-7-18(8-10-19)17-5-3-2-4-6-17/h2-16,27H,1H3,(H,29,30). The summed E-state index contributed by atoms with van der Waals surface area (Å²) < 4.78 is 19.5. The second kappa shape index (κ2) is 9.09. The summed E-state index contributed by atoms with van der Waals surface area (Å²) in [6.45, 7) is 0. The van der Waals surface area contributed by atoms with Crippen LogP contribution in [0.4, 0.5) is 15.8 Å². The topological polar surface area (TPSA) is 63.2 Å². The molecule has 4 rings (SSSR count). The number of ether oxygens (including phenoxy) is 1. The molecular weight excluding hydrogens is 393 g/mol. The number of hydrogen-bond donors (Lipinski definition) is 2. The van der Waals surface area contributed by atoms with Gasteiger partial charge in [-0.1, -0.05) is 42.5 Å². The fraction of sp³-hybridized carbons (Fsp3) is 0.0400. The van der Waals surface area contributed by atoms with Gasteiger partial charge in [-0.05, 0) is 41.5 Å². The third-order valence-electron chi connectivity index (χ3n) is 4.68. The van der Waals surface area contributed by atoms with E-state index in [9.17, 15) is 9.18 Å². The van der Waals surface area contributed by atoms with Gasteiger partial charge in [0.25, 0.3) is 5.91 Å². The highest BCUT2D eigenvalue weighted by atomic mass is 19.1. The first-order valence-corrected chi connectivity index (χ1v) is 9.70. The molecule has 0 saturated heterocycles. The highest BCUT2D eigenvalue weighted by Gasteiger charge is 2.09. The van der Waals surface area contributed by atoms with Crippen LogP contribution in [0.3, 0.4) is 0 Å². The Labute approximate surface area is 179 Å². The van der Waals surface area contributed by atoms with E-state index in [2.05, 4.69) is 15.6 Å². The first-order valence-electron chi connectivity index (χ1n) is 9.70. The van der Waals surface area contributed by atoms with Crippen molar-refractivity contribution in [1.82, 2.24) is 4.98 Å². The molecule has 1 heterocycles. The number of amides is 1. The lowest BCUT2D eigenvalue weighted by Gasteiger charge is -2.09. The molecule has 154 valence electrons. The average molecular weight is 413 g/mol. The van der Waals surface area contributed by atoms with E-state index in [1.165, 1.54) is 18.3 Å². The number of rotatable bonds is 6. The number of nitrogens with one attached hydrogen (secondary N) is 2. The molecule has 1 amide bonds. The number of halogens is 1. The minimum absolute atomic E-state index is 0.0711. The molecule has 6 heteroatoms. The third-order valence-corrected chi connectivity index (χ3v) is 4.68. The lowest BCUT2D eigenvalue weighted by atomic mass is 10.0. The van der Waals surface area contributed by atoms with Crippen LogP contribution in [0.1, 0.15) is 10.4 Å². The zero-order chi connectivity index (χ0) is 21.6. The van der Waals surface area contributed by atoms with Crippen molar-refractivity contribution in [1.29, 1.82) is 0 Å². The van der Waals surface area contributed by atoms with Crippen molar-refractivity contribution < 1.29 is 13.9 Å². The Morgan fingerprint density at radius 1 is 0.871 bits per heavy atom. The number of benzene rings is 3. The second-order valence-corrected chi connectivity index (χ2v) is 6.78. The summed E-state index contributed by atoms with van der Waals surface area (Å²) in [5, 5.41) is 5.65. The number of carbonyl (C=O) groups excluding carboxylic acids is 1. The maximum atomic E-state index is 14.0. The van der Waals surface area contributed by atoms with Gasteiger partial charge in [0.2, 0.25) is 5.88 Å². The van der Waals surface area contributed by atoms with Gasteiger partial charge >= 0.3 is 0 Å². The smallest absolute Gasteiger partial charge is 0.255 e. The molecule has 5 nitrogen and oxygen atoms in total. The summed E-state index contributed by atoms with van der Waals surface area (Å²) in [5.41, 5.74) is 3.82. The molecule has 4 aromatic rings. The minimum atomic E-state index is -0.495. The van der Waals surface area contributed by atoms with Gasteiger partial charge in [0.05, 0.1) is 11.9 Å². The van der Waals surface area contributed by atoms with Gasteiger partial charge in [0, 0.05) is 30.4 Å². The molecule has 0 aliphatic rings. The third kappa shape index (κ3) is 4.87. The molecule has 1 aromatic heterocycles. The molecule has 0 unspecified atom stereocenters. The van der Waals surface area contributed by atoms with Crippen molar-refractivity contribution in [2.24, 2.45) is 0 Å². The highest BCUT2D eigenvalue weighted by molar-refractivity contribution is 6.04. The Kier molecular flexibility index (Phi) is 5.89. The van der Waals surface area contributed by atoms with Crippen LogP contribution in [0.25, 0.3) is 11.1 Å². The van der Waals surface area contributed by atoms with E-state index in [4.69, 9.17) is 4.74 Å². The van der Waals surface area contributed by atoms with Gasteiger partial charge < -0.3 is 15.4 Å². The first-order chi connectivity index (χ1) is 15.1. The number of aromatic nitrogens is 1. The summed E-state index contributed by atoms with van der Waals surface area (Å²) in [6.07, 6.45) is 1.46. The summed E-state index contributed by atoms with van der Waals surface area (Å²) in [4.78, 5) is 16.7. The van der Waals surface area contributed by atoms with Gasteiger partial charge in [-0.15, -0.1) is 0 Å². The van der Waals surface area contributed by atoms with Crippen LogP contribution in [0.5, 0.6) is 11.6 Å². The fourth-order valence-electron chi connectivity index (χ4n) is 3.01. The zero-order valence-corrected chi connectivity index (χ0v) is 16.8. The lowest BCUT2D eigenvalue weighted by Crippen LogP contribution is -2.11. The molecule has 0 fully saturated rings. The van der Waals surface area contributed by atoms with Crippen molar-refractivity contribution in [3.05, 3.63) is 103 Å². The molecule has 0 aliphatic heterocycles. The molecule has 0 spiro atoms. The maximum absolute atomic E-state index is 14.0. The molecule has 0 saturated carbocycles. The van der Waals surface area contributed by atoms with Crippen LogP contribution in [0.15, 0.2) is 91.1 Å². The predicted molar refractivity (Wildman–Crippen MR) is 120 cm³/mol. The van der Waals surface area contributed by atoms with Crippen LogP contribution in [-0.2, 0) is 0 Å². The van der Waals surface area contributed by atoms with Crippen molar-refractivity contribution in [2.75, 3.05) is 17.7 Å². The van der Waals surface area contributed by atoms with Crippen LogP contribution in [-0.4, -0.2) is 17.9 Å². The number of carbonyl (C=O) groups is 1. The zero-order valence-electron chi connectivity index (χ0n) is 16.8. The van der Waals surface area contributed by atoms with Gasteiger partial charge in [0.1, 0.15) is 0 Å². The quantitative estimate of drug-likeness (QED) is 0.409. The predicted octanol–water partition coefficient (Wildman–Crippen LogP) is 5.97. The molecule has 3 aromatic carbocycles. The SMILES string of the molecule is CNc1ccc(Oc2ccc(NC(=O)c3ccc(-c4ccccc4)cc3)cn2)c(F)c1. The van der Waals surface area contributed by atoms with E-state index in [1.54, 1.807) is 37.4 Å². The summed E-state index contributed by atoms with van der Waals surface area (Å²) >= 11 is 0. The highest BCUT2D eigenvalue weighted by Crippen LogP contribution is 2.26. The second-order valence-electron chi connectivity index (χ2n) is 6.78. The number of anilines is 2. The molecule has 2 N–H and O–H groups in total. The lowest BCUT2D eigenvalue weighted by molar-refractivity contribution is 0.102. The monoisotopic (exact) mass is 413 g/mol. The first kappa shape index (κ1) is 20.1. The van der Waals surface area contributed by atoms with Gasteiger partial charge in [-0.3, -0.25) is 4.79 Å². The van der Waals surface area contributed by atoms with Crippen LogP contribution in [0, 0.1) is 5.82 Å². The van der Waals surface area contributed by atoms with Crippen LogP contribution >= 0.6 is 0 Å². The summed E-state index contributed by atoms with van der Waals surface area (Å²) in [7, 11) is 1.71. The van der Waals surface area contributed by atoms with Gasteiger partial charge in [-0.2, -0.15) is 0 Å². The van der Waals surface area contributed by atoms with E-state index >= 15 is 0 Å². The van der Waals surface area contributed by atoms with Gasteiger partial charge in [0.15, 0.2) is 11.6 Å². The van der Waals surface area contributed by atoms with Gasteiger partial charge in [-0.25, -0.2) is 9.37 Å². The van der Waals surface area contributed by atoms with Crippen molar-refractivity contribution in [3.8, 4) is 22.8 Å². The molecular formula is C25H20FN3O2. The molecule has 0 bridgehead atoms. The molecule has 0 atom stereocenters. The van der Waals surface area contributed by atoms with Crippen molar-refractivity contribution >= 4 is 17.3 Å². The van der Waals surface area contributed by atoms with Crippen molar-refractivity contribution in [2.45, 2.75) is 0 Å². The van der Waals surface area contributed by atoms with E-state index < -0.39 is 5.82 Å². The van der Waals surface area contributed by atoms with Crippen LogP contribution in [0.2, 0.25) is 0 Å². The minimum Gasteiger partial charge on any atom is -0.436 e. The number of hydrogen-bond acceptors (Lipinski definition) is 4. The maximum Gasteiger partial charge on any atom is 0.255 e. The largest absolute Gasteiger partial charge is 0.436 e. The average Bonchev–Trinajstić information content (AvgIpc) is 2.82. The summed E-state index contributed by atoms with van der Waals surface area (Å²) in [6, 6.07) is 25.1. The van der Waals surface area contributed by atoms with E-state index in [0.717, 1.165) is 11.1 Å². The van der Waals surface area contributed by atoms with Crippen molar-refractivity contribution in [3.63, 3.8) is 0 Å². The summed E-state index contributed by atoms with van der Waals surface area (Å²) in [5.74, 6) is -0.447. The van der Waals surface area contributed by atoms with E-state index in [-0.39, 0.29) is 17.5 Å². The fourth-order valence-corrected chi connectivity index (χ4v) is 3.01. The van der Waals surface area contributed by atoms with E-state index in [0.29, 0.717) is 16.9 Å². The Hall–Kier alpha value is -4.19. The van der Waals surface area contributed by atoms with Crippen LogP contribution < -0.4 is 15.4 Å². The molecule has 0 radical (unpaired) electrons. The Bertz CT molecular complexity index is 1180. The normalized spacial score (nSPS) is 10.4. The Morgan fingerprint density at radius 3 is 2.23 bits per heavy atom. The van der Waals surface area contributed by atoms with E-state index in [1.807, 2.05) is 42.5 Å². The Balaban J connectivity index is 1.40.